The Labute approximate surface area is 57.4 Å². The average molecular weight is 128 g/mol. The minimum Gasteiger partial charge on any atom is -0.390 e. The summed E-state index contributed by atoms with van der Waals surface area (Å²) < 4.78 is 0. The Balaban J connectivity index is 4.32. The van der Waals surface area contributed by atoms with Gasteiger partial charge in [-0.1, -0.05) is 19.9 Å². The Morgan fingerprint density at radius 3 is 1.56 bits per heavy atom. The molecule has 0 aromatic heterocycles. The molecule has 54 valence electrons. The summed E-state index contributed by atoms with van der Waals surface area (Å²) in [5.41, 5.74) is -0.873. The van der Waals surface area contributed by atoms with Crippen molar-refractivity contribution in [1.29, 1.82) is 0 Å². The predicted molar refractivity (Wildman–Crippen MR) is 40.3 cm³/mol. The third kappa shape index (κ3) is 1.83. The van der Waals surface area contributed by atoms with E-state index in [1.54, 1.807) is 19.9 Å². The van der Waals surface area contributed by atoms with Crippen LogP contribution in [0.5, 0.6) is 0 Å². The molecule has 0 radical (unpaired) electrons. The highest BCUT2D eigenvalue weighted by Gasteiger charge is 2.31. The van der Waals surface area contributed by atoms with Gasteiger partial charge in [0.15, 0.2) is 0 Å². The van der Waals surface area contributed by atoms with Crippen LogP contribution in [0.3, 0.4) is 0 Å². The van der Waals surface area contributed by atoms with Crippen molar-refractivity contribution in [2.75, 3.05) is 0 Å². The first kappa shape index (κ1) is 8.70. The maximum Gasteiger partial charge on any atom is 0.0676 e. The Morgan fingerprint density at radius 2 is 1.56 bits per heavy atom. The molecule has 9 heavy (non-hydrogen) atoms. The molecule has 0 rings (SSSR count). The van der Waals surface area contributed by atoms with Crippen LogP contribution in [-0.4, -0.2) is 10.7 Å². The van der Waals surface area contributed by atoms with Gasteiger partial charge in [-0.25, -0.2) is 0 Å². The first-order chi connectivity index (χ1) is 3.81. The Kier molecular flexibility index (Phi) is 2.07. The number of rotatable bonds is 2. The van der Waals surface area contributed by atoms with Crippen molar-refractivity contribution >= 4 is 0 Å². The molecule has 0 bridgehead atoms. The lowest BCUT2D eigenvalue weighted by atomic mass is 9.78. The second kappa shape index (κ2) is 2.14. The van der Waals surface area contributed by atoms with Crippen LogP contribution in [0.1, 0.15) is 27.7 Å². The van der Waals surface area contributed by atoms with Gasteiger partial charge in [-0.05, 0) is 13.8 Å². The van der Waals surface area contributed by atoms with Gasteiger partial charge in [0.25, 0.3) is 0 Å². The van der Waals surface area contributed by atoms with E-state index in [1.807, 2.05) is 13.8 Å². The van der Waals surface area contributed by atoms with Crippen LogP contribution >= 0.6 is 0 Å². The van der Waals surface area contributed by atoms with E-state index in [1.165, 1.54) is 0 Å². The van der Waals surface area contributed by atoms with Crippen molar-refractivity contribution < 1.29 is 5.11 Å². The zero-order valence-electron chi connectivity index (χ0n) is 6.73. The molecule has 0 atom stereocenters. The maximum absolute atomic E-state index is 9.47. The van der Waals surface area contributed by atoms with Gasteiger partial charge in [-0.3, -0.25) is 0 Å². The molecule has 1 nitrogen and oxygen atoms in total. The van der Waals surface area contributed by atoms with Crippen molar-refractivity contribution in [2.45, 2.75) is 33.3 Å². The molecule has 1 heteroatoms. The zero-order valence-corrected chi connectivity index (χ0v) is 6.73. The van der Waals surface area contributed by atoms with E-state index in [0.29, 0.717) is 0 Å². The highest BCUT2D eigenvalue weighted by Crippen LogP contribution is 2.30. The van der Waals surface area contributed by atoms with Crippen LogP contribution in [0.25, 0.3) is 0 Å². The molecule has 0 spiro atoms. The summed E-state index contributed by atoms with van der Waals surface area (Å²) in [6.45, 7) is 11.1. The van der Waals surface area contributed by atoms with Gasteiger partial charge in [-0.15, -0.1) is 6.58 Å². The number of aliphatic hydroxyl groups is 1. The largest absolute Gasteiger partial charge is 0.390 e. The van der Waals surface area contributed by atoms with Crippen LogP contribution in [0, 0.1) is 5.41 Å². The van der Waals surface area contributed by atoms with Gasteiger partial charge in [0, 0.05) is 5.41 Å². The minimum absolute atomic E-state index is 0.201. The number of hydrogen-bond donors (Lipinski definition) is 1. The predicted octanol–water partition coefficient (Wildman–Crippen LogP) is 1.97. The molecule has 0 aromatic rings. The smallest absolute Gasteiger partial charge is 0.0676 e. The number of hydrogen-bond acceptors (Lipinski definition) is 1. The fraction of sp³-hybridized carbons (Fsp3) is 0.750. The second-order valence-corrected chi connectivity index (χ2v) is 3.48. The SMILES string of the molecule is C=CC(C)(C)C(C)(C)O. The normalized spacial score (nSPS) is 13.4. The molecule has 0 unspecified atom stereocenters. The molecule has 0 aliphatic carbocycles. The van der Waals surface area contributed by atoms with Gasteiger partial charge < -0.3 is 5.11 Å². The summed E-state index contributed by atoms with van der Waals surface area (Å²) in [6.07, 6.45) is 1.77. The molecule has 0 amide bonds. The van der Waals surface area contributed by atoms with E-state index < -0.39 is 5.60 Å². The van der Waals surface area contributed by atoms with E-state index in [4.69, 9.17) is 0 Å². The lowest BCUT2D eigenvalue weighted by molar-refractivity contribution is -0.00719. The van der Waals surface area contributed by atoms with Crippen molar-refractivity contribution in [2.24, 2.45) is 5.41 Å². The molecule has 0 heterocycles. The molecule has 0 saturated heterocycles. The monoisotopic (exact) mass is 128 g/mol. The van der Waals surface area contributed by atoms with Gasteiger partial charge in [0.1, 0.15) is 0 Å². The molecule has 0 aliphatic heterocycles. The van der Waals surface area contributed by atoms with E-state index in [2.05, 4.69) is 6.58 Å². The first-order valence-corrected chi connectivity index (χ1v) is 3.17. The molecular weight excluding hydrogens is 112 g/mol. The van der Waals surface area contributed by atoms with Crippen LogP contribution in [0.4, 0.5) is 0 Å². The summed E-state index contributed by atoms with van der Waals surface area (Å²) in [4.78, 5) is 0. The Morgan fingerprint density at radius 1 is 1.22 bits per heavy atom. The van der Waals surface area contributed by atoms with Crippen molar-refractivity contribution in [3.05, 3.63) is 12.7 Å². The Bertz CT molecular complexity index is 106. The second-order valence-electron chi connectivity index (χ2n) is 3.48. The van der Waals surface area contributed by atoms with Crippen molar-refractivity contribution in [3.8, 4) is 0 Å². The van der Waals surface area contributed by atoms with Gasteiger partial charge in [-0.2, -0.15) is 0 Å². The lowest BCUT2D eigenvalue weighted by Gasteiger charge is -2.34. The molecule has 0 saturated carbocycles. The van der Waals surface area contributed by atoms with E-state index in [0.717, 1.165) is 0 Å². The summed E-state index contributed by atoms with van der Waals surface area (Å²) >= 11 is 0. The fourth-order valence-electron chi connectivity index (χ4n) is 0.250. The maximum atomic E-state index is 9.47. The minimum atomic E-state index is -0.672. The van der Waals surface area contributed by atoms with Crippen LogP contribution < -0.4 is 0 Å². The van der Waals surface area contributed by atoms with Crippen molar-refractivity contribution in [1.82, 2.24) is 0 Å². The molecular formula is C8H16O. The van der Waals surface area contributed by atoms with E-state index >= 15 is 0 Å². The topological polar surface area (TPSA) is 20.2 Å². The third-order valence-electron chi connectivity index (χ3n) is 2.09. The van der Waals surface area contributed by atoms with Crippen LogP contribution in [0.2, 0.25) is 0 Å². The van der Waals surface area contributed by atoms with Crippen molar-refractivity contribution in [3.63, 3.8) is 0 Å². The summed E-state index contributed by atoms with van der Waals surface area (Å²) in [5, 5.41) is 9.47. The lowest BCUT2D eigenvalue weighted by Crippen LogP contribution is -2.36. The van der Waals surface area contributed by atoms with Gasteiger partial charge >= 0.3 is 0 Å². The standard InChI is InChI=1S/C8H16O/c1-6-7(2,3)8(4,5)9/h6,9H,1H2,2-5H3. The fourth-order valence-corrected chi connectivity index (χ4v) is 0.250. The van der Waals surface area contributed by atoms with Gasteiger partial charge in [0.2, 0.25) is 0 Å². The third-order valence-corrected chi connectivity index (χ3v) is 2.09. The molecule has 1 N–H and O–H groups in total. The molecule has 0 fully saturated rings. The first-order valence-electron chi connectivity index (χ1n) is 3.17. The van der Waals surface area contributed by atoms with E-state index in [9.17, 15) is 5.11 Å². The molecule has 0 aliphatic rings. The van der Waals surface area contributed by atoms with Crippen LogP contribution in [0.15, 0.2) is 12.7 Å². The molecule has 0 aromatic carbocycles. The van der Waals surface area contributed by atoms with Gasteiger partial charge in [0.05, 0.1) is 5.60 Å². The zero-order chi connectivity index (χ0) is 7.71. The Hall–Kier alpha value is -0.300. The summed E-state index contributed by atoms with van der Waals surface area (Å²) in [6, 6.07) is 0. The summed E-state index contributed by atoms with van der Waals surface area (Å²) in [7, 11) is 0. The summed E-state index contributed by atoms with van der Waals surface area (Å²) in [5.74, 6) is 0. The highest BCUT2D eigenvalue weighted by atomic mass is 16.3. The van der Waals surface area contributed by atoms with E-state index in [-0.39, 0.29) is 5.41 Å². The van der Waals surface area contributed by atoms with Crippen LogP contribution in [-0.2, 0) is 0 Å². The average Bonchev–Trinajstić information content (AvgIpc) is 1.64. The quantitative estimate of drug-likeness (QED) is 0.564. The highest BCUT2D eigenvalue weighted by molar-refractivity contribution is 4.98.